The molecular weight excluding hydrogens is 432 g/mol. The van der Waals surface area contributed by atoms with Crippen molar-refractivity contribution in [2.75, 3.05) is 31.1 Å². The largest absolute Gasteiger partial charge is 0.367 e. The average Bonchev–Trinajstić information content (AvgIpc) is 3.26. The number of aromatic amines is 1. The number of rotatable bonds is 5. The third kappa shape index (κ3) is 4.03. The van der Waals surface area contributed by atoms with Gasteiger partial charge in [0.15, 0.2) is 5.69 Å². The number of aryl methyl sites for hydroxylation is 2. The third-order valence-electron chi connectivity index (χ3n) is 6.26. The number of nitrogens with two attached hydrogens (primary N) is 1. The first-order valence-corrected chi connectivity index (χ1v) is 11.1. The van der Waals surface area contributed by atoms with Crippen LogP contribution in [-0.2, 0) is 13.6 Å². The number of pyridine rings is 1. The molecule has 0 spiro atoms. The highest BCUT2D eigenvalue weighted by Gasteiger charge is 2.22. The van der Waals surface area contributed by atoms with Crippen LogP contribution in [0, 0.1) is 6.92 Å². The molecule has 1 amide bonds. The number of piperazine rings is 1. The second-order valence-electron chi connectivity index (χ2n) is 8.53. The number of carbonyl (C=O) groups is 1. The number of nitrogens with one attached hydrogen (secondary N) is 1. The van der Waals surface area contributed by atoms with Crippen LogP contribution >= 0.6 is 0 Å². The van der Waals surface area contributed by atoms with Crippen LogP contribution in [0.15, 0.2) is 47.5 Å². The van der Waals surface area contributed by atoms with E-state index >= 15 is 0 Å². The maximum absolute atomic E-state index is 12.3. The topological polar surface area (TPSA) is 126 Å². The van der Waals surface area contributed by atoms with E-state index in [1.54, 1.807) is 19.3 Å². The van der Waals surface area contributed by atoms with Crippen LogP contribution in [0.3, 0.4) is 0 Å². The Labute approximate surface area is 196 Å². The van der Waals surface area contributed by atoms with Crippen molar-refractivity contribution in [3.63, 3.8) is 0 Å². The van der Waals surface area contributed by atoms with Crippen LogP contribution in [0.1, 0.15) is 21.7 Å². The summed E-state index contributed by atoms with van der Waals surface area (Å²) in [5.74, 6) is -0.519. The predicted molar refractivity (Wildman–Crippen MR) is 130 cm³/mol. The van der Waals surface area contributed by atoms with E-state index in [9.17, 15) is 9.59 Å². The lowest BCUT2D eigenvalue weighted by Crippen LogP contribution is -2.46. The van der Waals surface area contributed by atoms with Gasteiger partial charge in [0, 0.05) is 57.7 Å². The molecule has 3 N–H and O–H groups in total. The monoisotopic (exact) mass is 458 g/mol. The fourth-order valence-corrected chi connectivity index (χ4v) is 4.51. The zero-order valence-corrected chi connectivity index (χ0v) is 19.2. The molecule has 3 aromatic heterocycles. The van der Waals surface area contributed by atoms with E-state index in [-0.39, 0.29) is 5.56 Å². The highest BCUT2D eigenvalue weighted by Crippen LogP contribution is 2.28. The van der Waals surface area contributed by atoms with Crippen LogP contribution < -0.4 is 16.2 Å². The van der Waals surface area contributed by atoms with Gasteiger partial charge in [0.2, 0.25) is 0 Å². The third-order valence-corrected chi connectivity index (χ3v) is 6.26. The molecule has 4 aromatic rings. The van der Waals surface area contributed by atoms with Crippen molar-refractivity contribution in [2.45, 2.75) is 13.5 Å². The van der Waals surface area contributed by atoms with Crippen molar-refractivity contribution >= 4 is 22.6 Å². The number of H-pyrrole nitrogens is 1. The number of hydrogen-bond acceptors (Lipinski definition) is 7. The molecule has 1 fully saturated rings. The Morgan fingerprint density at radius 1 is 1.15 bits per heavy atom. The lowest BCUT2D eigenvalue weighted by molar-refractivity contribution is 0.0996. The summed E-state index contributed by atoms with van der Waals surface area (Å²) in [5, 5.41) is 4.30. The Balaban J connectivity index is 1.41. The number of primary amides is 1. The maximum atomic E-state index is 12.3. The molecule has 10 nitrogen and oxygen atoms in total. The molecule has 0 bridgehead atoms. The van der Waals surface area contributed by atoms with Gasteiger partial charge in [-0.25, -0.2) is 9.97 Å². The van der Waals surface area contributed by atoms with Crippen molar-refractivity contribution in [1.82, 2.24) is 29.6 Å². The molecular formula is C24H26N8O2. The Hall–Kier alpha value is -4.05. The van der Waals surface area contributed by atoms with E-state index in [0.29, 0.717) is 16.9 Å². The van der Waals surface area contributed by atoms with Crippen molar-refractivity contribution in [2.24, 2.45) is 12.8 Å². The van der Waals surface area contributed by atoms with Gasteiger partial charge >= 0.3 is 0 Å². The Morgan fingerprint density at radius 3 is 2.65 bits per heavy atom. The van der Waals surface area contributed by atoms with E-state index in [1.165, 1.54) is 0 Å². The SMILES string of the molecule is Cc1nc2c(-c3ccnn3C)cc(CN3CCN(c4cccnc4C(N)=O)CC3)cc2[nH]c1=O. The molecule has 0 saturated carbocycles. The van der Waals surface area contributed by atoms with Crippen molar-refractivity contribution in [1.29, 1.82) is 0 Å². The van der Waals surface area contributed by atoms with Crippen molar-refractivity contribution in [3.05, 3.63) is 70.0 Å². The van der Waals surface area contributed by atoms with Crippen LogP contribution in [-0.4, -0.2) is 61.7 Å². The zero-order valence-electron chi connectivity index (χ0n) is 19.2. The van der Waals surface area contributed by atoms with Gasteiger partial charge in [-0.1, -0.05) is 0 Å². The minimum Gasteiger partial charge on any atom is -0.367 e. The van der Waals surface area contributed by atoms with E-state index in [2.05, 4.69) is 35.9 Å². The lowest BCUT2D eigenvalue weighted by atomic mass is 10.0. The minimum absolute atomic E-state index is 0.184. The summed E-state index contributed by atoms with van der Waals surface area (Å²) in [6.45, 7) is 5.58. The first kappa shape index (κ1) is 21.8. The molecule has 1 aliphatic rings. The van der Waals surface area contributed by atoms with Crippen LogP contribution in [0.25, 0.3) is 22.3 Å². The lowest BCUT2D eigenvalue weighted by Gasteiger charge is -2.36. The van der Waals surface area contributed by atoms with Gasteiger partial charge in [0.1, 0.15) is 5.69 Å². The molecule has 1 aromatic carbocycles. The number of anilines is 1. The van der Waals surface area contributed by atoms with Crippen LogP contribution in [0.5, 0.6) is 0 Å². The number of aromatic nitrogens is 5. The molecule has 0 aliphatic carbocycles. The molecule has 0 radical (unpaired) electrons. The summed E-state index contributed by atoms with van der Waals surface area (Å²) in [6, 6.07) is 9.78. The van der Waals surface area contributed by atoms with Crippen molar-refractivity contribution < 1.29 is 4.79 Å². The van der Waals surface area contributed by atoms with Crippen molar-refractivity contribution in [3.8, 4) is 11.3 Å². The number of carbonyl (C=O) groups excluding carboxylic acids is 1. The number of fused-ring (bicyclic) bond motifs is 1. The second-order valence-corrected chi connectivity index (χ2v) is 8.53. The average molecular weight is 459 g/mol. The van der Waals surface area contributed by atoms with Gasteiger partial charge < -0.3 is 15.6 Å². The maximum Gasteiger partial charge on any atom is 0.269 e. The quantitative estimate of drug-likeness (QED) is 0.463. The van der Waals surface area contributed by atoms with Gasteiger partial charge in [0.05, 0.1) is 22.4 Å². The van der Waals surface area contributed by atoms with Crippen LogP contribution in [0.2, 0.25) is 0 Å². The molecule has 34 heavy (non-hydrogen) atoms. The first-order valence-electron chi connectivity index (χ1n) is 11.1. The standard InChI is InChI=1S/C24H26N8O2/c1-15-24(34)29-18-13-16(12-17(21(18)28-15)19-5-7-27-30(19)2)14-31-8-10-32(11-9-31)20-4-3-6-26-22(20)23(25)33/h3-7,12-13H,8-11,14H2,1-2H3,(H2,25,33)(H,29,34). The van der Waals surface area contributed by atoms with Gasteiger partial charge in [-0.05, 0) is 42.8 Å². The predicted octanol–water partition coefficient (Wildman–Crippen LogP) is 1.45. The molecule has 0 unspecified atom stereocenters. The fraction of sp³-hybridized carbons (Fsp3) is 0.292. The second kappa shape index (κ2) is 8.71. The summed E-state index contributed by atoms with van der Waals surface area (Å²) in [4.78, 5) is 40.2. The van der Waals surface area contributed by atoms with E-state index in [0.717, 1.165) is 60.7 Å². The Kier molecular flexibility index (Phi) is 5.58. The molecule has 1 saturated heterocycles. The highest BCUT2D eigenvalue weighted by atomic mass is 16.1. The summed E-state index contributed by atoms with van der Waals surface area (Å²) in [5.41, 5.74) is 11.3. The Morgan fingerprint density at radius 2 is 1.94 bits per heavy atom. The normalized spacial score (nSPS) is 14.6. The van der Waals surface area contributed by atoms with E-state index in [1.807, 2.05) is 36.0 Å². The molecule has 5 rings (SSSR count). The minimum atomic E-state index is -0.519. The van der Waals surface area contributed by atoms with Gasteiger partial charge in [-0.15, -0.1) is 0 Å². The number of benzene rings is 1. The summed E-state index contributed by atoms with van der Waals surface area (Å²) < 4.78 is 1.81. The van der Waals surface area contributed by atoms with Crippen LogP contribution in [0.4, 0.5) is 5.69 Å². The molecule has 0 atom stereocenters. The molecule has 1 aliphatic heterocycles. The summed E-state index contributed by atoms with van der Waals surface area (Å²) >= 11 is 0. The van der Waals surface area contributed by atoms with Gasteiger partial charge in [-0.2, -0.15) is 5.10 Å². The smallest absolute Gasteiger partial charge is 0.269 e. The molecule has 10 heteroatoms. The van der Waals surface area contributed by atoms with Gasteiger partial charge in [0.25, 0.3) is 11.5 Å². The van der Waals surface area contributed by atoms with E-state index in [4.69, 9.17) is 5.73 Å². The zero-order chi connectivity index (χ0) is 23.8. The molecule has 174 valence electrons. The van der Waals surface area contributed by atoms with E-state index < -0.39 is 5.91 Å². The summed E-state index contributed by atoms with van der Waals surface area (Å²) in [7, 11) is 1.89. The number of amides is 1. The first-order chi connectivity index (χ1) is 16.4. The van der Waals surface area contributed by atoms with Gasteiger partial charge in [-0.3, -0.25) is 19.2 Å². The molecule has 4 heterocycles. The number of nitrogens with zero attached hydrogens (tertiary/aromatic N) is 6. The summed E-state index contributed by atoms with van der Waals surface area (Å²) in [6.07, 6.45) is 3.34. The Bertz CT molecular complexity index is 1430. The highest BCUT2D eigenvalue weighted by molar-refractivity contribution is 5.96. The fourth-order valence-electron chi connectivity index (χ4n) is 4.51. The number of hydrogen-bond donors (Lipinski definition) is 2.